The summed E-state index contributed by atoms with van der Waals surface area (Å²) in [6.07, 6.45) is -1.04. The highest BCUT2D eigenvalue weighted by Crippen LogP contribution is 2.20. The number of aliphatic hydroxyl groups is 1. The van der Waals surface area contributed by atoms with E-state index in [1.165, 1.54) is 6.92 Å². The maximum absolute atomic E-state index is 13.7. The molecule has 5 unspecified atom stereocenters. The molecule has 0 radical (unpaired) electrons. The Labute approximate surface area is 271 Å². The highest BCUT2D eigenvalue weighted by Gasteiger charge is 2.32. The van der Waals surface area contributed by atoms with Crippen LogP contribution in [0.25, 0.3) is 0 Å². The molecule has 246 valence electrons. The number of rotatable bonds is 15. The Balaban J connectivity index is 1.76. The number of carbonyl (C=O) groups excluding carboxylic acids is 4. The molecule has 0 fully saturated rings. The predicted molar refractivity (Wildman–Crippen MR) is 176 cm³/mol. The summed E-state index contributed by atoms with van der Waals surface area (Å²) in [6.45, 7) is 6.77. The number of benzene rings is 3. The summed E-state index contributed by atoms with van der Waals surface area (Å²) < 4.78 is 5.45. The van der Waals surface area contributed by atoms with Crippen LogP contribution in [0.3, 0.4) is 0 Å². The number of hydrogen-bond acceptors (Lipinski definition) is 6. The Morgan fingerprint density at radius 2 is 1.20 bits per heavy atom. The van der Waals surface area contributed by atoms with Gasteiger partial charge in [0.2, 0.25) is 17.7 Å². The fourth-order valence-electron chi connectivity index (χ4n) is 5.01. The van der Waals surface area contributed by atoms with Gasteiger partial charge in [-0.15, -0.1) is 0 Å². The molecule has 0 bridgehead atoms. The number of carbonyl (C=O) groups is 4. The van der Waals surface area contributed by atoms with E-state index in [0.29, 0.717) is 6.42 Å². The standard InChI is InChI=1S/C36H46N4O6/c1-24(33(43)39-30(32(37)42)22-27-18-12-7-13-19-27)38-34(44)28(20-25-14-8-5-9-15-25)23-31(41)29(21-26-16-10-6-11-17-26)40-35(45)46-36(2,3)4/h5-19,24,28-31,41H,20-23H2,1-4H3,(H2,37,42)(H,38,44)(H,39,43)(H,40,45). The van der Waals surface area contributed by atoms with Crippen LogP contribution in [0.2, 0.25) is 0 Å². The van der Waals surface area contributed by atoms with Gasteiger partial charge in [0, 0.05) is 12.3 Å². The monoisotopic (exact) mass is 630 g/mol. The minimum Gasteiger partial charge on any atom is -0.444 e. The van der Waals surface area contributed by atoms with Crippen LogP contribution in [-0.4, -0.2) is 58.8 Å². The Bertz CT molecular complexity index is 1410. The summed E-state index contributed by atoms with van der Waals surface area (Å²) in [5.74, 6) is -2.48. The van der Waals surface area contributed by atoms with Crippen molar-refractivity contribution >= 4 is 23.8 Å². The lowest BCUT2D eigenvalue weighted by atomic mass is 9.88. The van der Waals surface area contributed by atoms with E-state index >= 15 is 0 Å². The molecule has 3 aromatic carbocycles. The third kappa shape index (κ3) is 12.4. The van der Waals surface area contributed by atoms with Crippen LogP contribution < -0.4 is 21.7 Å². The highest BCUT2D eigenvalue weighted by atomic mass is 16.6. The van der Waals surface area contributed by atoms with E-state index < -0.39 is 59.6 Å². The van der Waals surface area contributed by atoms with Gasteiger partial charge in [-0.25, -0.2) is 4.79 Å². The van der Waals surface area contributed by atoms with Gasteiger partial charge in [-0.3, -0.25) is 14.4 Å². The smallest absolute Gasteiger partial charge is 0.407 e. The largest absolute Gasteiger partial charge is 0.444 e. The topological polar surface area (TPSA) is 160 Å². The zero-order valence-corrected chi connectivity index (χ0v) is 26.9. The van der Waals surface area contributed by atoms with E-state index in [-0.39, 0.29) is 19.3 Å². The number of aliphatic hydroxyl groups excluding tert-OH is 1. The number of alkyl carbamates (subject to hydrolysis) is 1. The average molecular weight is 631 g/mol. The molecule has 3 aromatic rings. The van der Waals surface area contributed by atoms with Crippen LogP contribution >= 0.6 is 0 Å². The molecule has 0 heterocycles. The summed E-state index contributed by atoms with van der Waals surface area (Å²) in [4.78, 5) is 51.6. The zero-order chi connectivity index (χ0) is 33.7. The van der Waals surface area contributed by atoms with E-state index in [4.69, 9.17) is 10.5 Å². The lowest BCUT2D eigenvalue weighted by Crippen LogP contribution is -2.54. The van der Waals surface area contributed by atoms with Gasteiger partial charge in [-0.05, 0) is 63.6 Å². The van der Waals surface area contributed by atoms with Crippen LogP contribution in [0.15, 0.2) is 91.0 Å². The molecule has 0 spiro atoms. The van der Waals surface area contributed by atoms with E-state index in [9.17, 15) is 24.3 Å². The first-order valence-corrected chi connectivity index (χ1v) is 15.5. The van der Waals surface area contributed by atoms with Crippen LogP contribution in [0.5, 0.6) is 0 Å². The molecule has 3 rings (SSSR count). The molecule has 0 aliphatic rings. The fraction of sp³-hybridized carbons (Fsp3) is 0.389. The number of hydrogen-bond donors (Lipinski definition) is 5. The second-order valence-electron chi connectivity index (χ2n) is 12.5. The molecule has 0 aromatic heterocycles. The Morgan fingerprint density at radius 3 is 1.67 bits per heavy atom. The third-order valence-electron chi connectivity index (χ3n) is 7.38. The van der Waals surface area contributed by atoms with Crippen molar-refractivity contribution in [3.8, 4) is 0 Å². The summed E-state index contributed by atoms with van der Waals surface area (Å²) >= 11 is 0. The number of nitrogens with two attached hydrogens (primary N) is 1. The molecule has 0 saturated carbocycles. The molecule has 10 heteroatoms. The van der Waals surface area contributed by atoms with Gasteiger partial charge in [0.25, 0.3) is 0 Å². The van der Waals surface area contributed by atoms with Gasteiger partial charge in [0.15, 0.2) is 0 Å². The summed E-state index contributed by atoms with van der Waals surface area (Å²) in [5.41, 5.74) is 7.40. The first kappa shape index (κ1) is 35.8. The van der Waals surface area contributed by atoms with Crippen molar-refractivity contribution < 1.29 is 29.0 Å². The fourth-order valence-corrected chi connectivity index (χ4v) is 5.01. The number of ether oxygens (including phenoxy) is 1. The Kier molecular flexibility index (Phi) is 13.3. The van der Waals surface area contributed by atoms with Crippen molar-refractivity contribution in [1.82, 2.24) is 16.0 Å². The molecule has 5 atom stereocenters. The SMILES string of the molecule is CC(NC(=O)C(Cc1ccccc1)CC(O)C(Cc1ccccc1)NC(=O)OC(C)(C)C)C(=O)NC(Cc1ccccc1)C(N)=O. The summed E-state index contributed by atoms with van der Waals surface area (Å²) in [6, 6.07) is 25.2. The van der Waals surface area contributed by atoms with E-state index in [1.54, 1.807) is 20.8 Å². The predicted octanol–water partition coefficient (Wildman–Crippen LogP) is 3.45. The molecule has 6 N–H and O–H groups in total. The van der Waals surface area contributed by atoms with Gasteiger partial charge in [-0.2, -0.15) is 0 Å². The quantitative estimate of drug-likeness (QED) is 0.173. The summed E-state index contributed by atoms with van der Waals surface area (Å²) in [7, 11) is 0. The van der Waals surface area contributed by atoms with Crippen molar-refractivity contribution in [3.05, 3.63) is 108 Å². The van der Waals surface area contributed by atoms with Crippen LogP contribution in [0.4, 0.5) is 4.79 Å². The Morgan fingerprint density at radius 1 is 0.717 bits per heavy atom. The first-order chi connectivity index (χ1) is 21.8. The number of primary amides is 1. The molecule has 0 aliphatic carbocycles. The van der Waals surface area contributed by atoms with Crippen molar-refractivity contribution in [2.45, 2.75) is 83.2 Å². The van der Waals surface area contributed by atoms with Gasteiger partial charge in [0.05, 0.1) is 12.1 Å². The van der Waals surface area contributed by atoms with Crippen LogP contribution in [0, 0.1) is 5.92 Å². The van der Waals surface area contributed by atoms with Gasteiger partial charge < -0.3 is 31.5 Å². The lowest BCUT2D eigenvalue weighted by Gasteiger charge is -2.29. The normalized spacial score (nSPS) is 14.5. The molecule has 0 saturated heterocycles. The highest BCUT2D eigenvalue weighted by molar-refractivity contribution is 5.92. The third-order valence-corrected chi connectivity index (χ3v) is 7.38. The van der Waals surface area contributed by atoms with E-state index in [2.05, 4.69) is 16.0 Å². The molecule has 4 amide bonds. The second-order valence-corrected chi connectivity index (χ2v) is 12.5. The van der Waals surface area contributed by atoms with Crippen molar-refractivity contribution in [1.29, 1.82) is 0 Å². The minimum atomic E-state index is -1.14. The molecule has 46 heavy (non-hydrogen) atoms. The maximum Gasteiger partial charge on any atom is 0.407 e. The zero-order valence-electron chi connectivity index (χ0n) is 26.9. The summed E-state index contributed by atoms with van der Waals surface area (Å²) in [5, 5.41) is 19.7. The molecule has 0 aliphatic heterocycles. The second kappa shape index (κ2) is 17.1. The van der Waals surface area contributed by atoms with Crippen LogP contribution in [-0.2, 0) is 38.4 Å². The molecular formula is C36H46N4O6. The number of nitrogens with one attached hydrogen (secondary N) is 3. The van der Waals surface area contributed by atoms with Gasteiger partial charge in [-0.1, -0.05) is 91.0 Å². The molecule has 10 nitrogen and oxygen atoms in total. The van der Waals surface area contributed by atoms with E-state index in [0.717, 1.165) is 16.7 Å². The Hall–Kier alpha value is -4.70. The first-order valence-electron chi connectivity index (χ1n) is 15.5. The van der Waals surface area contributed by atoms with Crippen molar-refractivity contribution in [3.63, 3.8) is 0 Å². The van der Waals surface area contributed by atoms with Crippen molar-refractivity contribution in [2.24, 2.45) is 11.7 Å². The van der Waals surface area contributed by atoms with Crippen molar-refractivity contribution in [2.75, 3.05) is 0 Å². The van der Waals surface area contributed by atoms with Gasteiger partial charge >= 0.3 is 6.09 Å². The van der Waals surface area contributed by atoms with E-state index in [1.807, 2.05) is 91.0 Å². The molecular weight excluding hydrogens is 584 g/mol. The number of amides is 4. The van der Waals surface area contributed by atoms with Gasteiger partial charge in [0.1, 0.15) is 17.7 Å². The average Bonchev–Trinajstić information content (AvgIpc) is 3.00. The van der Waals surface area contributed by atoms with Crippen LogP contribution in [0.1, 0.15) is 50.8 Å². The maximum atomic E-state index is 13.7. The lowest BCUT2D eigenvalue weighted by molar-refractivity contribution is -0.132. The minimum absolute atomic E-state index is 0.0136.